The van der Waals surface area contributed by atoms with Gasteiger partial charge < -0.3 is 0 Å². The Hall–Kier alpha value is -3.94. The van der Waals surface area contributed by atoms with E-state index in [0.717, 1.165) is 19.4 Å². The van der Waals surface area contributed by atoms with Crippen LogP contribution in [0.5, 0.6) is 0 Å². The molecule has 1 heterocycles. The van der Waals surface area contributed by atoms with Gasteiger partial charge in [0.2, 0.25) is 0 Å². The van der Waals surface area contributed by atoms with Crippen molar-refractivity contribution in [3.63, 3.8) is 0 Å². The van der Waals surface area contributed by atoms with Crippen LogP contribution in [-0.2, 0) is 0 Å². The molecule has 0 radical (unpaired) electrons. The molecule has 6 aromatic carbocycles. The number of hydrazine groups is 1. The summed E-state index contributed by atoms with van der Waals surface area (Å²) in [5, 5.41) is 7.83. The molecule has 0 saturated carbocycles. The summed E-state index contributed by atoms with van der Waals surface area (Å²) in [6.45, 7) is 3.37. The lowest BCUT2D eigenvalue weighted by atomic mass is 10.1. The molecule has 1 aliphatic rings. The van der Waals surface area contributed by atoms with E-state index in [4.69, 9.17) is 0 Å². The van der Waals surface area contributed by atoms with Crippen LogP contribution in [0.15, 0.2) is 170 Å². The van der Waals surface area contributed by atoms with Crippen molar-refractivity contribution in [1.29, 1.82) is 0 Å². The van der Waals surface area contributed by atoms with Gasteiger partial charge in [0.1, 0.15) is 0 Å². The Morgan fingerprint density at radius 1 is 0.490 bits per heavy atom. The van der Waals surface area contributed by atoms with Crippen LogP contribution < -0.4 is 10.6 Å². The van der Waals surface area contributed by atoms with Gasteiger partial charge in [-0.2, -0.15) is 0 Å². The maximum absolute atomic E-state index is 2.97. The van der Waals surface area contributed by atoms with Crippen molar-refractivity contribution in [1.82, 2.24) is 14.5 Å². The highest BCUT2D eigenvalue weighted by Crippen LogP contribution is 2.75. The van der Waals surface area contributed by atoms with E-state index in [0.29, 0.717) is 0 Å². The highest BCUT2D eigenvalue weighted by Gasteiger charge is 2.50. The van der Waals surface area contributed by atoms with Crippen molar-refractivity contribution in [3.05, 3.63) is 181 Å². The van der Waals surface area contributed by atoms with E-state index >= 15 is 0 Å². The van der Waals surface area contributed by atoms with Gasteiger partial charge >= 0.3 is 0 Å². The fraction of sp³-hybridized carbons (Fsp3) is 0.182. The minimum atomic E-state index is -0.863. The maximum atomic E-state index is 2.97. The lowest BCUT2D eigenvalue weighted by Gasteiger charge is -2.42. The molecule has 1 fully saturated rings. The van der Waals surface area contributed by atoms with Gasteiger partial charge in [-0.15, -0.1) is 0 Å². The third-order valence-corrected chi connectivity index (χ3v) is 15.9. The van der Waals surface area contributed by atoms with Gasteiger partial charge in [0.25, 0.3) is 0 Å². The van der Waals surface area contributed by atoms with E-state index in [1.165, 1.54) is 44.0 Å². The molecule has 2 atom stereocenters. The quantitative estimate of drug-likeness (QED) is 0.126. The fourth-order valence-corrected chi connectivity index (χ4v) is 14.1. The van der Waals surface area contributed by atoms with Crippen LogP contribution in [0.2, 0.25) is 0 Å². The van der Waals surface area contributed by atoms with E-state index in [1.54, 1.807) is 0 Å². The fourth-order valence-electron chi connectivity index (χ4n) is 6.95. The number of nitrogens with zero attached hydrogens (tertiary/aromatic N) is 3. The largest absolute Gasteiger partial charge is 0.249 e. The molecule has 1 saturated heterocycles. The molecule has 0 N–H and O–H groups in total. The summed E-state index contributed by atoms with van der Waals surface area (Å²) >= 11 is 0. The molecule has 5 heteroatoms. The van der Waals surface area contributed by atoms with Crippen molar-refractivity contribution in [2.45, 2.75) is 31.3 Å². The minimum absolute atomic E-state index is 0.250. The van der Waals surface area contributed by atoms with Gasteiger partial charge in [-0.1, -0.05) is 183 Å². The van der Waals surface area contributed by atoms with Crippen LogP contribution in [0.3, 0.4) is 0 Å². The van der Waals surface area contributed by atoms with E-state index in [9.17, 15) is 0 Å². The number of benzene rings is 6. The van der Waals surface area contributed by atoms with Gasteiger partial charge in [-0.3, -0.25) is 0 Å². The lowest BCUT2D eigenvalue weighted by molar-refractivity contribution is 0.0252. The lowest BCUT2D eigenvalue weighted by Crippen LogP contribution is -2.32. The Balaban J connectivity index is 1.40. The summed E-state index contributed by atoms with van der Waals surface area (Å²) < 4.78 is 2.97. The predicted octanol–water partition coefficient (Wildman–Crippen LogP) is 11.1. The van der Waals surface area contributed by atoms with Gasteiger partial charge in [-0.05, 0) is 50.4 Å². The van der Waals surface area contributed by atoms with Gasteiger partial charge in [0.15, 0.2) is 0 Å². The average molecular weight is 678 g/mol. The van der Waals surface area contributed by atoms with Crippen LogP contribution in [0.4, 0.5) is 0 Å². The van der Waals surface area contributed by atoms with Crippen molar-refractivity contribution >= 4 is 26.8 Å². The first-order chi connectivity index (χ1) is 24.1. The normalized spacial score (nSPS) is 17.2. The van der Waals surface area contributed by atoms with Crippen LogP contribution >= 0.6 is 16.1 Å². The van der Waals surface area contributed by atoms with E-state index in [-0.39, 0.29) is 11.6 Å². The first-order valence-electron chi connectivity index (χ1n) is 17.4. The zero-order chi connectivity index (χ0) is 33.6. The molecule has 0 unspecified atom stereocenters. The monoisotopic (exact) mass is 677 g/mol. The van der Waals surface area contributed by atoms with E-state index in [2.05, 4.69) is 205 Å². The summed E-state index contributed by atoms with van der Waals surface area (Å²) in [5.74, 6) is 0.501. The summed E-state index contributed by atoms with van der Waals surface area (Å²) in [5.41, 5.74) is 7.80. The minimum Gasteiger partial charge on any atom is -0.249 e. The molecule has 0 aliphatic carbocycles. The van der Waals surface area contributed by atoms with Crippen molar-refractivity contribution in [2.24, 2.45) is 0 Å². The van der Waals surface area contributed by atoms with Gasteiger partial charge in [-0.25, -0.2) is 14.5 Å². The molecule has 0 amide bonds. The smallest absolute Gasteiger partial charge is 0.0844 e. The SMILES string of the molecule is CCCCN(P(c1ccc(-c2ccccc2)cc1)c1ccc(-c2ccccc2)cc1)P1[C@H](c2ccccc2)N(C)N(C)[C@H]1c1ccccc1. The number of hydrogen-bond acceptors (Lipinski definition) is 3. The van der Waals surface area contributed by atoms with Gasteiger partial charge in [0.05, 0.1) is 11.6 Å². The first kappa shape index (κ1) is 33.6. The summed E-state index contributed by atoms with van der Waals surface area (Å²) in [6.07, 6.45) is 2.30. The molecule has 6 aromatic rings. The van der Waals surface area contributed by atoms with Crippen molar-refractivity contribution in [3.8, 4) is 22.3 Å². The third-order valence-electron chi connectivity index (χ3n) is 9.55. The van der Waals surface area contributed by atoms with Crippen LogP contribution in [0, 0.1) is 0 Å². The van der Waals surface area contributed by atoms with E-state index in [1.807, 2.05) is 0 Å². The second-order valence-electron chi connectivity index (χ2n) is 12.7. The topological polar surface area (TPSA) is 9.72 Å². The summed E-state index contributed by atoms with van der Waals surface area (Å²) in [7, 11) is 2.97. The molecule has 0 spiro atoms. The number of hydrogen-bond donors (Lipinski definition) is 0. The molecule has 3 nitrogen and oxygen atoms in total. The molecular weight excluding hydrogens is 632 g/mol. The summed E-state index contributed by atoms with van der Waals surface area (Å²) in [4.78, 5) is 0. The molecule has 1 aliphatic heterocycles. The Bertz CT molecular complexity index is 1750. The predicted molar refractivity (Wildman–Crippen MR) is 212 cm³/mol. The summed E-state index contributed by atoms with van der Waals surface area (Å²) in [6, 6.07) is 62.9. The Morgan fingerprint density at radius 3 is 1.20 bits per heavy atom. The molecule has 49 heavy (non-hydrogen) atoms. The average Bonchev–Trinajstić information content (AvgIpc) is 3.44. The molecule has 0 aromatic heterocycles. The number of rotatable bonds is 11. The molecule has 246 valence electrons. The van der Waals surface area contributed by atoms with Crippen molar-refractivity contribution in [2.75, 3.05) is 20.6 Å². The Morgan fingerprint density at radius 2 is 0.837 bits per heavy atom. The first-order valence-corrected chi connectivity index (χ1v) is 20.1. The van der Waals surface area contributed by atoms with E-state index < -0.39 is 16.1 Å². The second kappa shape index (κ2) is 15.7. The molecular formula is C44H45N3P2. The maximum Gasteiger partial charge on any atom is 0.0844 e. The highest BCUT2D eigenvalue weighted by molar-refractivity contribution is 7.79. The highest BCUT2D eigenvalue weighted by atomic mass is 31.2. The van der Waals surface area contributed by atoms with Gasteiger partial charge in [0, 0.05) is 36.8 Å². The molecule has 7 rings (SSSR count). The standard InChI is InChI=1S/C44H45N3P2/c1-4-5-34-47(49-43(39-22-14-8-15-23-39)45(2)46(3)44(49)40-24-16-9-17-25-40)48(41-30-26-37(27-31-41)35-18-10-6-11-19-35)42-32-28-38(29-33-42)36-20-12-7-13-21-36/h6-33,43-44H,4-5,34H2,1-3H3/t43-,44-/m1/s1. The van der Waals surface area contributed by atoms with Crippen LogP contribution in [0.1, 0.15) is 42.5 Å². The zero-order valence-corrected chi connectivity index (χ0v) is 30.5. The van der Waals surface area contributed by atoms with Crippen molar-refractivity contribution < 1.29 is 0 Å². The Kier molecular flexibility index (Phi) is 10.8. The van der Waals surface area contributed by atoms with Crippen LogP contribution in [0.25, 0.3) is 22.3 Å². The third kappa shape index (κ3) is 7.20. The second-order valence-corrected chi connectivity index (χ2v) is 17.4. The number of unbranched alkanes of at least 4 members (excludes halogenated alkanes) is 1. The van der Waals surface area contributed by atoms with Crippen LogP contribution in [-0.4, -0.2) is 35.1 Å². The zero-order valence-electron chi connectivity index (χ0n) is 28.7. The Labute approximate surface area is 295 Å². The molecule has 0 bridgehead atoms.